The first kappa shape index (κ1) is 23.8. The van der Waals surface area contributed by atoms with E-state index in [1.807, 2.05) is 91.9 Å². The van der Waals surface area contributed by atoms with Crippen LogP contribution in [0.2, 0.25) is 0 Å². The Hall–Kier alpha value is -4.39. The molecule has 0 radical (unpaired) electrons. The fraction of sp³-hybridized carbons (Fsp3) is 0.107. The molecule has 1 aliphatic heterocycles. The standard InChI is InChI=1S/C28H28BN3O3/c1-21(33)26-25(19-20-32(2)3)35-29(23-15-9-5-10-16-23,24-17-11-6-12-18-24)31-27(26)30-28(34)22-13-7-4-8-14-22/h4-20,31H,1-3H3,(H,30,34). The summed E-state index contributed by atoms with van der Waals surface area (Å²) in [6, 6.07) is 28.4. The Bertz CT molecular complexity index is 1260. The van der Waals surface area contributed by atoms with Crippen LogP contribution in [0.5, 0.6) is 0 Å². The molecule has 2 N–H and O–H groups in total. The van der Waals surface area contributed by atoms with E-state index in [0.29, 0.717) is 17.2 Å². The van der Waals surface area contributed by atoms with E-state index in [0.717, 1.165) is 10.9 Å². The second-order valence-electron chi connectivity index (χ2n) is 8.64. The predicted octanol–water partition coefficient (Wildman–Crippen LogP) is 1.10. The molecule has 0 saturated carbocycles. The fourth-order valence-electron chi connectivity index (χ4n) is 4.18. The maximum atomic E-state index is 13.2. The summed E-state index contributed by atoms with van der Waals surface area (Å²) in [5.74, 6) is 0.130. The number of hydrogen-bond acceptors (Lipinski definition) is 4. The van der Waals surface area contributed by atoms with E-state index in [-0.39, 0.29) is 17.3 Å². The maximum absolute atomic E-state index is 13.2. The first-order valence-electron chi connectivity index (χ1n) is 11.5. The molecule has 6 nitrogen and oxygen atoms in total. The zero-order valence-electron chi connectivity index (χ0n) is 20.1. The van der Waals surface area contributed by atoms with E-state index in [1.54, 1.807) is 30.3 Å². The van der Waals surface area contributed by atoms with Gasteiger partial charge in [0.25, 0.3) is 0 Å². The van der Waals surface area contributed by atoms with Crippen molar-refractivity contribution in [1.82, 2.24) is 10.2 Å². The zero-order chi connectivity index (χ0) is 24.8. The number of ketones is 1. The van der Waals surface area contributed by atoms with E-state index in [4.69, 9.17) is 4.65 Å². The van der Waals surface area contributed by atoms with Gasteiger partial charge in [0, 0.05) is 20.3 Å². The van der Waals surface area contributed by atoms with Crippen molar-refractivity contribution in [2.45, 2.75) is 6.92 Å². The number of benzene rings is 3. The molecule has 0 unspecified atom stereocenters. The molecule has 0 saturated heterocycles. The second-order valence-corrected chi connectivity index (χ2v) is 8.64. The summed E-state index contributed by atoms with van der Waals surface area (Å²) < 4.78 is 6.71. The van der Waals surface area contributed by atoms with Crippen molar-refractivity contribution in [3.63, 3.8) is 0 Å². The van der Waals surface area contributed by atoms with Crippen molar-refractivity contribution in [2.75, 3.05) is 14.1 Å². The monoisotopic (exact) mass is 465 g/mol. The Kier molecular flexibility index (Phi) is 6.97. The minimum Gasteiger partial charge on any atom is -0.671 e. The van der Waals surface area contributed by atoms with Gasteiger partial charge in [-0.15, -0.1) is 10.9 Å². The van der Waals surface area contributed by atoms with Crippen LogP contribution >= 0.6 is 0 Å². The zero-order valence-corrected chi connectivity index (χ0v) is 20.1. The highest BCUT2D eigenvalue weighted by Gasteiger charge is 2.43. The molecule has 7 heteroatoms. The summed E-state index contributed by atoms with van der Waals surface area (Å²) in [5.41, 5.74) is 2.52. The summed E-state index contributed by atoms with van der Waals surface area (Å²) in [7, 11) is 3.78. The van der Waals surface area contributed by atoms with Crippen molar-refractivity contribution >= 4 is 34.9 Å². The van der Waals surface area contributed by atoms with Gasteiger partial charge in [0.2, 0.25) is 5.84 Å². The van der Waals surface area contributed by atoms with Gasteiger partial charge >= 0.3 is 12.4 Å². The maximum Gasteiger partial charge on any atom is 0.416 e. The van der Waals surface area contributed by atoms with Crippen LogP contribution < -0.4 is 21.1 Å². The van der Waals surface area contributed by atoms with Gasteiger partial charge in [-0.3, -0.25) is 4.79 Å². The highest BCUT2D eigenvalue weighted by molar-refractivity contribution is 6.91. The van der Waals surface area contributed by atoms with Crippen molar-refractivity contribution in [3.05, 3.63) is 120 Å². The van der Waals surface area contributed by atoms with Crippen LogP contribution in [-0.2, 0) is 9.45 Å². The van der Waals surface area contributed by atoms with Crippen molar-refractivity contribution in [1.29, 1.82) is 0 Å². The quantitative estimate of drug-likeness (QED) is 0.535. The van der Waals surface area contributed by atoms with Crippen LogP contribution in [0.3, 0.4) is 0 Å². The Morgan fingerprint density at radius 1 is 0.857 bits per heavy atom. The smallest absolute Gasteiger partial charge is 0.416 e. The van der Waals surface area contributed by atoms with Crippen LogP contribution in [0, 0.1) is 0 Å². The second kappa shape index (κ2) is 10.3. The molecule has 0 aliphatic carbocycles. The average molecular weight is 465 g/mol. The van der Waals surface area contributed by atoms with Crippen LogP contribution in [0.4, 0.5) is 0 Å². The lowest BCUT2D eigenvalue weighted by atomic mass is 9.42. The lowest BCUT2D eigenvalue weighted by Gasteiger charge is -2.41. The summed E-state index contributed by atoms with van der Waals surface area (Å²) in [6.45, 7) is -0.618. The lowest BCUT2D eigenvalue weighted by Crippen LogP contribution is -3.03. The van der Waals surface area contributed by atoms with E-state index in [1.165, 1.54) is 6.92 Å². The molecule has 35 heavy (non-hydrogen) atoms. The molecule has 0 atom stereocenters. The number of carbonyl (C=O) groups is 2. The molecule has 176 valence electrons. The topological polar surface area (TPSA) is 72.6 Å². The van der Waals surface area contributed by atoms with Crippen molar-refractivity contribution < 1.29 is 19.1 Å². The summed E-state index contributed by atoms with van der Waals surface area (Å²) >= 11 is 0. The highest BCUT2D eigenvalue weighted by Crippen LogP contribution is 2.18. The third-order valence-corrected chi connectivity index (χ3v) is 5.84. The molecule has 1 heterocycles. The van der Waals surface area contributed by atoms with E-state index >= 15 is 0 Å². The SMILES string of the molecule is CC(=O)C1=C(C=CN(C)C)O[B-](c2ccccc2)(c2ccccc2)[NH+]=C1NC(=O)c1ccccc1. The van der Waals surface area contributed by atoms with Gasteiger partial charge in [-0.05, 0) is 25.1 Å². The molecular formula is C28H28BN3O3. The summed E-state index contributed by atoms with van der Waals surface area (Å²) in [4.78, 5) is 31.4. The predicted molar refractivity (Wildman–Crippen MR) is 139 cm³/mol. The van der Waals surface area contributed by atoms with E-state index in [9.17, 15) is 9.59 Å². The Morgan fingerprint density at radius 2 is 1.37 bits per heavy atom. The molecule has 1 amide bonds. The number of amides is 1. The first-order valence-corrected chi connectivity index (χ1v) is 11.5. The Morgan fingerprint density at radius 3 is 1.86 bits per heavy atom. The van der Waals surface area contributed by atoms with Gasteiger partial charge in [-0.25, -0.2) is 10.1 Å². The Labute approximate surface area is 205 Å². The number of rotatable bonds is 6. The largest absolute Gasteiger partial charge is 0.671 e. The number of amidine groups is 1. The van der Waals surface area contributed by atoms with Gasteiger partial charge < -0.3 is 14.5 Å². The fourth-order valence-corrected chi connectivity index (χ4v) is 4.18. The third kappa shape index (κ3) is 5.09. The van der Waals surface area contributed by atoms with Gasteiger partial charge in [-0.2, -0.15) is 0 Å². The number of carbonyl (C=O) groups excluding carboxylic acids is 2. The van der Waals surface area contributed by atoms with Gasteiger partial charge in [0.05, 0.1) is 11.3 Å². The number of hydrogen-bond donors (Lipinski definition) is 2. The normalized spacial score (nSPS) is 14.8. The van der Waals surface area contributed by atoms with Gasteiger partial charge in [0.15, 0.2) is 5.78 Å². The first-order chi connectivity index (χ1) is 16.9. The van der Waals surface area contributed by atoms with Crippen LogP contribution in [0.25, 0.3) is 0 Å². The highest BCUT2D eigenvalue weighted by atomic mass is 16.5. The van der Waals surface area contributed by atoms with E-state index < -0.39 is 6.48 Å². The van der Waals surface area contributed by atoms with Crippen LogP contribution in [-0.4, -0.2) is 43.0 Å². The molecule has 3 aromatic rings. The van der Waals surface area contributed by atoms with Gasteiger partial charge in [-0.1, -0.05) is 78.9 Å². The Balaban J connectivity index is 1.95. The number of Topliss-reactive ketones (excluding diaryl/α,β-unsaturated/α-hetero) is 1. The summed E-state index contributed by atoms with van der Waals surface area (Å²) in [5, 5.41) is 2.95. The van der Waals surface area contributed by atoms with Gasteiger partial charge in [0.1, 0.15) is 5.57 Å². The molecule has 1 aliphatic rings. The van der Waals surface area contributed by atoms with Crippen molar-refractivity contribution in [2.24, 2.45) is 0 Å². The molecular weight excluding hydrogens is 437 g/mol. The number of allylic oxidation sites excluding steroid dienone is 1. The lowest BCUT2D eigenvalue weighted by molar-refractivity contribution is -0.325. The average Bonchev–Trinajstić information content (AvgIpc) is 2.88. The molecule has 3 aromatic carbocycles. The number of nitrogens with one attached hydrogen (secondary N) is 2. The van der Waals surface area contributed by atoms with Crippen LogP contribution in [0.1, 0.15) is 17.3 Å². The molecule has 0 fully saturated rings. The van der Waals surface area contributed by atoms with Crippen LogP contribution in [0.15, 0.2) is 115 Å². The minimum absolute atomic E-state index is 0.232. The minimum atomic E-state index is -2.08. The number of nitrogens with zero attached hydrogens (tertiary/aromatic N) is 1. The third-order valence-electron chi connectivity index (χ3n) is 5.84. The molecule has 4 rings (SSSR count). The van der Waals surface area contributed by atoms with E-state index in [2.05, 4.69) is 10.2 Å². The molecule has 0 bridgehead atoms. The summed E-state index contributed by atoms with van der Waals surface area (Å²) in [6.07, 6.45) is 3.58. The molecule has 0 aromatic heterocycles. The molecule has 0 spiro atoms. The van der Waals surface area contributed by atoms with Crippen molar-refractivity contribution in [3.8, 4) is 0 Å².